The van der Waals surface area contributed by atoms with E-state index >= 15 is 0 Å². The Morgan fingerprint density at radius 2 is 1.81 bits per heavy atom. The zero-order valence-corrected chi connectivity index (χ0v) is 13.3. The predicted molar refractivity (Wildman–Crippen MR) is 82.3 cm³/mol. The van der Waals surface area contributed by atoms with Crippen molar-refractivity contribution in [2.75, 3.05) is 13.7 Å². The van der Waals surface area contributed by atoms with Crippen LogP contribution < -0.4 is 9.47 Å². The first kappa shape index (κ1) is 15.4. The molecule has 0 saturated carbocycles. The van der Waals surface area contributed by atoms with Crippen molar-refractivity contribution in [3.05, 3.63) is 41.4 Å². The smallest absolute Gasteiger partial charge is 0.308 e. The number of benzene rings is 1. The van der Waals surface area contributed by atoms with E-state index in [1.165, 1.54) is 0 Å². The minimum absolute atomic E-state index is 0.0719. The molecule has 2 rings (SSSR count). The first-order valence-electron chi connectivity index (χ1n) is 7.34. The van der Waals surface area contributed by atoms with Crippen LogP contribution in [0.25, 0.3) is 0 Å². The van der Waals surface area contributed by atoms with Crippen LogP contribution in [0.2, 0.25) is 0 Å². The quantitative estimate of drug-likeness (QED) is 0.792. The third-order valence-corrected chi connectivity index (χ3v) is 3.45. The van der Waals surface area contributed by atoms with Gasteiger partial charge in [0.2, 0.25) is 5.89 Å². The molecule has 4 heteroatoms. The summed E-state index contributed by atoms with van der Waals surface area (Å²) in [5.74, 6) is 2.42. The van der Waals surface area contributed by atoms with Crippen molar-refractivity contribution >= 4 is 0 Å². The maximum Gasteiger partial charge on any atom is 0.308 e. The van der Waals surface area contributed by atoms with Crippen molar-refractivity contribution in [1.29, 1.82) is 0 Å². The lowest BCUT2D eigenvalue weighted by atomic mass is 10.0. The third-order valence-electron chi connectivity index (χ3n) is 3.45. The summed E-state index contributed by atoms with van der Waals surface area (Å²) in [5.41, 5.74) is 2.02. The Morgan fingerprint density at radius 3 is 2.33 bits per heavy atom. The molecule has 2 aromatic rings. The molecule has 0 fully saturated rings. The molecule has 0 radical (unpaired) electrons. The summed E-state index contributed by atoms with van der Waals surface area (Å²) in [6.07, 6.45) is 0. The van der Waals surface area contributed by atoms with E-state index in [-0.39, 0.29) is 11.8 Å². The summed E-state index contributed by atoms with van der Waals surface area (Å²) in [4.78, 5) is 4.62. The van der Waals surface area contributed by atoms with Crippen LogP contribution in [-0.4, -0.2) is 18.7 Å². The van der Waals surface area contributed by atoms with Gasteiger partial charge in [-0.3, -0.25) is 0 Å². The lowest BCUT2D eigenvalue weighted by Gasteiger charge is -2.08. The number of ether oxygens (including phenoxy) is 2. The first-order valence-corrected chi connectivity index (χ1v) is 7.34. The minimum atomic E-state index is 0.0719. The van der Waals surface area contributed by atoms with Crippen molar-refractivity contribution in [2.45, 2.75) is 39.5 Å². The van der Waals surface area contributed by atoms with Crippen LogP contribution in [0.15, 0.2) is 28.7 Å². The number of hydrogen-bond donors (Lipinski definition) is 0. The molecule has 1 unspecified atom stereocenters. The van der Waals surface area contributed by atoms with Crippen molar-refractivity contribution in [2.24, 2.45) is 0 Å². The van der Waals surface area contributed by atoms with Gasteiger partial charge in [-0.25, -0.2) is 4.98 Å². The van der Waals surface area contributed by atoms with Crippen LogP contribution in [0.1, 0.15) is 56.7 Å². The highest BCUT2D eigenvalue weighted by Crippen LogP contribution is 2.33. The highest BCUT2D eigenvalue weighted by Gasteiger charge is 2.22. The van der Waals surface area contributed by atoms with Crippen LogP contribution in [-0.2, 0) is 0 Å². The van der Waals surface area contributed by atoms with Gasteiger partial charge in [0.1, 0.15) is 11.4 Å². The number of nitrogens with zero attached hydrogens (tertiary/aromatic N) is 1. The van der Waals surface area contributed by atoms with Gasteiger partial charge in [0.25, 0.3) is 0 Å². The summed E-state index contributed by atoms with van der Waals surface area (Å²) in [7, 11) is 1.66. The van der Waals surface area contributed by atoms with Crippen LogP contribution >= 0.6 is 0 Å². The van der Waals surface area contributed by atoms with Crippen molar-refractivity contribution in [3.8, 4) is 11.7 Å². The van der Waals surface area contributed by atoms with Crippen LogP contribution in [0, 0.1) is 0 Å². The third kappa shape index (κ3) is 3.38. The Bertz CT molecular complexity index is 572. The molecular formula is C17H23NO3. The van der Waals surface area contributed by atoms with Gasteiger partial charge in [0.05, 0.1) is 19.6 Å². The van der Waals surface area contributed by atoms with E-state index in [1.54, 1.807) is 7.11 Å². The Balaban J connectivity index is 2.29. The zero-order chi connectivity index (χ0) is 15.4. The molecule has 0 aliphatic heterocycles. The molecule has 1 aromatic heterocycles. The maximum atomic E-state index is 5.82. The average molecular weight is 289 g/mol. The van der Waals surface area contributed by atoms with Crippen molar-refractivity contribution < 1.29 is 13.9 Å². The van der Waals surface area contributed by atoms with Gasteiger partial charge in [-0.1, -0.05) is 26.0 Å². The molecule has 0 aliphatic rings. The van der Waals surface area contributed by atoms with E-state index in [1.807, 2.05) is 31.2 Å². The summed E-state index contributed by atoms with van der Waals surface area (Å²) in [6, 6.07) is 7.95. The maximum absolute atomic E-state index is 5.82. The van der Waals surface area contributed by atoms with E-state index in [0.29, 0.717) is 18.4 Å². The lowest BCUT2D eigenvalue weighted by molar-refractivity contribution is 0.244. The largest absolute Gasteiger partial charge is 0.497 e. The van der Waals surface area contributed by atoms with E-state index < -0.39 is 0 Å². The summed E-state index contributed by atoms with van der Waals surface area (Å²) in [6.45, 7) is 8.77. The minimum Gasteiger partial charge on any atom is -0.497 e. The molecule has 4 nitrogen and oxygen atoms in total. The molecule has 1 atom stereocenters. The fraction of sp³-hybridized carbons (Fsp3) is 0.471. The molecule has 0 bridgehead atoms. The van der Waals surface area contributed by atoms with Gasteiger partial charge >= 0.3 is 5.95 Å². The van der Waals surface area contributed by atoms with Gasteiger partial charge in [0.15, 0.2) is 0 Å². The Kier molecular flexibility index (Phi) is 4.89. The summed E-state index contributed by atoms with van der Waals surface area (Å²) >= 11 is 0. The van der Waals surface area contributed by atoms with Crippen LogP contribution in [0.5, 0.6) is 11.7 Å². The molecule has 1 heterocycles. The topological polar surface area (TPSA) is 44.5 Å². The van der Waals surface area contributed by atoms with Gasteiger partial charge in [-0.2, -0.15) is 0 Å². The number of aromatic nitrogens is 1. The second kappa shape index (κ2) is 6.66. The fourth-order valence-corrected chi connectivity index (χ4v) is 2.15. The Hall–Kier alpha value is -1.97. The second-order valence-electron chi connectivity index (χ2n) is 5.31. The van der Waals surface area contributed by atoms with E-state index in [9.17, 15) is 0 Å². The zero-order valence-electron chi connectivity index (χ0n) is 13.3. The summed E-state index contributed by atoms with van der Waals surface area (Å²) < 4.78 is 16.6. The average Bonchev–Trinajstić information content (AvgIpc) is 2.91. The van der Waals surface area contributed by atoms with Gasteiger partial charge < -0.3 is 13.9 Å². The molecule has 21 heavy (non-hydrogen) atoms. The SMILES string of the molecule is CCOc1oc(C(C)c2ccc(OC)cc2)nc1C(C)C. The lowest BCUT2D eigenvalue weighted by Crippen LogP contribution is -1.98. The predicted octanol–water partition coefficient (Wildman–Crippen LogP) is 4.36. The molecule has 0 N–H and O–H groups in total. The first-order chi connectivity index (χ1) is 10.1. The van der Waals surface area contributed by atoms with Crippen LogP contribution in [0.3, 0.4) is 0 Å². The number of rotatable bonds is 6. The molecule has 114 valence electrons. The van der Waals surface area contributed by atoms with E-state index in [2.05, 4.69) is 25.8 Å². The second-order valence-corrected chi connectivity index (χ2v) is 5.31. The van der Waals surface area contributed by atoms with Crippen molar-refractivity contribution in [3.63, 3.8) is 0 Å². The van der Waals surface area contributed by atoms with Gasteiger partial charge in [-0.05, 0) is 31.5 Å². The molecule has 0 aliphatic carbocycles. The van der Waals surface area contributed by atoms with Gasteiger partial charge in [0, 0.05) is 5.92 Å². The highest BCUT2D eigenvalue weighted by molar-refractivity contribution is 5.32. The number of methoxy groups -OCH3 is 1. The molecule has 0 spiro atoms. The van der Waals surface area contributed by atoms with Gasteiger partial charge in [-0.15, -0.1) is 0 Å². The summed E-state index contributed by atoms with van der Waals surface area (Å²) in [5, 5.41) is 0. The fourth-order valence-electron chi connectivity index (χ4n) is 2.15. The number of oxazole rings is 1. The van der Waals surface area contributed by atoms with E-state index in [0.717, 1.165) is 17.0 Å². The highest BCUT2D eigenvalue weighted by atomic mass is 16.6. The Morgan fingerprint density at radius 1 is 1.14 bits per heavy atom. The molecular weight excluding hydrogens is 266 g/mol. The molecule has 0 amide bonds. The molecule has 0 saturated heterocycles. The monoisotopic (exact) mass is 289 g/mol. The standard InChI is InChI=1S/C17H23NO3/c1-6-20-17-15(11(2)3)18-16(21-17)12(4)13-7-9-14(19-5)10-8-13/h7-12H,6H2,1-5H3. The van der Waals surface area contributed by atoms with Crippen LogP contribution in [0.4, 0.5) is 0 Å². The van der Waals surface area contributed by atoms with Crippen molar-refractivity contribution in [1.82, 2.24) is 4.98 Å². The van der Waals surface area contributed by atoms with E-state index in [4.69, 9.17) is 13.9 Å². The Labute approximate surface area is 126 Å². The normalized spacial score (nSPS) is 12.5. The molecule has 1 aromatic carbocycles. The number of hydrogen-bond acceptors (Lipinski definition) is 4.